The van der Waals surface area contributed by atoms with Crippen molar-refractivity contribution < 1.29 is 22.5 Å². The average Bonchev–Trinajstić information content (AvgIpc) is 2.99. The van der Waals surface area contributed by atoms with E-state index >= 15 is 0 Å². The number of hydrogen-bond donors (Lipinski definition) is 2. The molecule has 9 heteroatoms. The third kappa shape index (κ3) is 2.70. The first-order valence-electron chi connectivity index (χ1n) is 5.77. The summed E-state index contributed by atoms with van der Waals surface area (Å²) in [6.07, 6.45) is -3.46. The second-order valence-electron chi connectivity index (χ2n) is 4.36. The highest BCUT2D eigenvalue weighted by molar-refractivity contribution is 5.84. The number of nitrogens with one attached hydrogen (secondary N) is 2. The molecule has 0 aliphatic carbocycles. The number of halogens is 3. The van der Waals surface area contributed by atoms with Crippen LogP contribution in [0.3, 0.4) is 0 Å². The van der Waals surface area contributed by atoms with E-state index in [1.165, 1.54) is 0 Å². The van der Waals surface area contributed by atoms with Gasteiger partial charge in [0.05, 0.1) is 0 Å². The van der Waals surface area contributed by atoms with Crippen LogP contribution in [0.2, 0.25) is 0 Å². The molecule has 1 unspecified atom stereocenters. The molecule has 1 amide bonds. The molecule has 1 aromatic rings. The van der Waals surface area contributed by atoms with Crippen LogP contribution in [-0.4, -0.2) is 41.9 Å². The van der Waals surface area contributed by atoms with Crippen LogP contribution < -0.4 is 10.6 Å². The van der Waals surface area contributed by atoms with Gasteiger partial charge in [0.2, 0.25) is 12.3 Å². The van der Waals surface area contributed by atoms with Crippen molar-refractivity contribution in [3.05, 3.63) is 12.2 Å². The van der Waals surface area contributed by atoms with Crippen LogP contribution in [0.25, 0.3) is 0 Å². The molecular formula is C10H13F3N4O2. The molecule has 2 rings (SSSR count). The van der Waals surface area contributed by atoms with Crippen molar-refractivity contribution in [1.29, 1.82) is 0 Å². The Morgan fingerprint density at radius 3 is 2.89 bits per heavy atom. The van der Waals surface area contributed by atoms with Crippen LogP contribution in [0, 0.1) is 5.41 Å². The van der Waals surface area contributed by atoms with Gasteiger partial charge in [-0.3, -0.25) is 4.79 Å². The van der Waals surface area contributed by atoms with Crippen LogP contribution in [-0.2, 0) is 11.2 Å². The van der Waals surface area contributed by atoms with E-state index in [0.29, 0.717) is 5.82 Å². The predicted octanol–water partition coefficient (Wildman–Crippen LogP) is 0.270. The largest absolute Gasteiger partial charge is 0.404 e. The zero-order valence-electron chi connectivity index (χ0n) is 9.96. The van der Waals surface area contributed by atoms with Crippen LogP contribution in [0.5, 0.6) is 0 Å². The Balaban J connectivity index is 1.93. The first-order chi connectivity index (χ1) is 8.96. The zero-order chi connectivity index (χ0) is 13.9. The summed E-state index contributed by atoms with van der Waals surface area (Å²) in [7, 11) is 0. The number of carbonyl (C=O) groups is 1. The maximum absolute atomic E-state index is 13.0. The third-order valence-corrected chi connectivity index (χ3v) is 3.17. The van der Waals surface area contributed by atoms with Crippen molar-refractivity contribution in [2.45, 2.75) is 19.0 Å². The summed E-state index contributed by atoms with van der Waals surface area (Å²) in [6.45, 7) is -0.168. The van der Waals surface area contributed by atoms with Gasteiger partial charge in [-0.15, -0.1) is 0 Å². The molecule has 0 radical (unpaired) electrons. The molecule has 0 spiro atoms. The zero-order valence-corrected chi connectivity index (χ0v) is 9.96. The number of alkyl halides is 3. The summed E-state index contributed by atoms with van der Waals surface area (Å²) < 4.78 is 43.6. The van der Waals surface area contributed by atoms with Crippen molar-refractivity contribution in [3.8, 4) is 0 Å². The molecule has 1 aliphatic heterocycles. The highest BCUT2D eigenvalue weighted by atomic mass is 19.4. The summed E-state index contributed by atoms with van der Waals surface area (Å²) in [4.78, 5) is 15.5. The van der Waals surface area contributed by atoms with Gasteiger partial charge in [0, 0.05) is 19.5 Å². The minimum Gasteiger partial charge on any atom is -0.355 e. The van der Waals surface area contributed by atoms with E-state index in [9.17, 15) is 18.0 Å². The molecule has 0 bridgehead atoms. The second-order valence-corrected chi connectivity index (χ2v) is 4.36. The lowest BCUT2D eigenvalue weighted by atomic mass is 9.85. The highest BCUT2D eigenvalue weighted by Crippen LogP contribution is 2.43. The molecule has 1 aliphatic rings. The van der Waals surface area contributed by atoms with Crippen LogP contribution in [0.1, 0.15) is 12.2 Å². The molecule has 6 nitrogen and oxygen atoms in total. The van der Waals surface area contributed by atoms with E-state index in [4.69, 9.17) is 0 Å². The molecule has 2 N–H and O–H groups in total. The standard InChI is InChI=1S/C10H13F3N4O2/c11-10(12,13)9(2-4-14-5-9)8(18)15-3-1-7-16-6-19-17-7/h6,14H,1-5H2,(H,15,18). The van der Waals surface area contributed by atoms with Gasteiger partial charge in [0.15, 0.2) is 11.2 Å². The Labute approximate surface area is 106 Å². The molecule has 1 saturated heterocycles. The monoisotopic (exact) mass is 278 g/mol. The summed E-state index contributed by atoms with van der Waals surface area (Å²) in [6, 6.07) is 0. The fourth-order valence-corrected chi connectivity index (χ4v) is 2.02. The summed E-state index contributed by atoms with van der Waals surface area (Å²) >= 11 is 0. The average molecular weight is 278 g/mol. The van der Waals surface area contributed by atoms with Gasteiger partial charge in [-0.1, -0.05) is 5.16 Å². The van der Waals surface area contributed by atoms with Crippen molar-refractivity contribution >= 4 is 5.91 Å². The molecule has 1 aromatic heterocycles. The lowest BCUT2D eigenvalue weighted by molar-refractivity contribution is -0.215. The second kappa shape index (κ2) is 5.16. The van der Waals surface area contributed by atoms with Crippen LogP contribution in [0.15, 0.2) is 10.9 Å². The molecular weight excluding hydrogens is 265 g/mol. The molecule has 1 atom stereocenters. The summed E-state index contributed by atoms with van der Waals surface area (Å²) in [5, 5.41) is 8.38. The molecule has 0 saturated carbocycles. The van der Waals surface area contributed by atoms with Crippen molar-refractivity contribution in [2.75, 3.05) is 19.6 Å². The van der Waals surface area contributed by atoms with Gasteiger partial charge >= 0.3 is 6.18 Å². The van der Waals surface area contributed by atoms with E-state index in [1.54, 1.807) is 0 Å². The molecule has 1 fully saturated rings. The smallest absolute Gasteiger partial charge is 0.355 e. The Morgan fingerprint density at radius 1 is 1.58 bits per heavy atom. The number of nitrogens with zero attached hydrogens (tertiary/aromatic N) is 2. The fourth-order valence-electron chi connectivity index (χ4n) is 2.02. The Bertz CT molecular complexity index is 426. The van der Waals surface area contributed by atoms with Gasteiger partial charge in [-0.2, -0.15) is 18.2 Å². The first-order valence-corrected chi connectivity index (χ1v) is 5.77. The van der Waals surface area contributed by atoms with Gasteiger partial charge < -0.3 is 15.2 Å². The number of carbonyl (C=O) groups excluding carboxylic acids is 1. The van der Waals surface area contributed by atoms with Gasteiger partial charge in [-0.05, 0) is 13.0 Å². The Hall–Kier alpha value is -1.64. The Kier molecular flexibility index (Phi) is 3.74. The minimum atomic E-state index is -4.56. The SMILES string of the molecule is O=C(NCCc1ncon1)C1(C(F)(F)F)CCNC1. The number of aromatic nitrogens is 2. The van der Waals surface area contributed by atoms with Gasteiger partial charge in [-0.25, -0.2) is 0 Å². The molecule has 0 aromatic carbocycles. The lowest BCUT2D eigenvalue weighted by Crippen LogP contribution is -2.52. The summed E-state index contributed by atoms with van der Waals surface area (Å²) in [5.74, 6) is -0.667. The Morgan fingerprint density at radius 2 is 2.37 bits per heavy atom. The van der Waals surface area contributed by atoms with E-state index in [2.05, 4.69) is 25.3 Å². The quantitative estimate of drug-likeness (QED) is 0.826. The summed E-state index contributed by atoms with van der Waals surface area (Å²) in [5.41, 5.74) is -2.33. The van der Waals surface area contributed by atoms with Crippen molar-refractivity contribution in [1.82, 2.24) is 20.8 Å². The maximum atomic E-state index is 13.0. The predicted molar refractivity (Wildman–Crippen MR) is 57.0 cm³/mol. The van der Waals surface area contributed by atoms with E-state index < -0.39 is 17.5 Å². The van der Waals surface area contributed by atoms with E-state index in [0.717, 1.165) is 6.39 Å². The minimum absolute atomic E-state index is 0.0379. The van der Waals surface area contributed by atoms with Crippen LogP contribution >= 0.6 is 0 Å². The number of hydrogen-bond acceptors (Lipinski definition) is 5. The maximum Gasteiger partial charge on any atom is 0.404 e. The normalized spacial score (nSPS) is 23.5. The first kappa shape index (κ1) is 13.8. The van der Waals surface area contributed by atoms with E-state index in [-0.39, 0.29) is 32.5 Å². The highest BCUT2D eigenvalue weighted by Gasteiger charge is 2.61. The third-order valence-electron chi connectivity index (χ3n) is 3.17. The van der Waals surface area contributed by atoms with Crippen molar-refractivity contribution in [3.63, 3.8) is 0 Å². The van der Waals surface area contributed by atoms with Gasteiger partial charge in [0.1, 0.15) is 0 Å². The number of amides is 1. The fraction of sp³-hybridized carbons (Fsp3) is 0.700. The molecule has 2 heterocycles. The number of rotatable bonds is 4. The molecule has 19 heavy (non-hydrogen) atoms. The van der Waals surface area contributed by atoms with Crippen molar-refractivity contribution in [2.24, 2.45) is 5.41 Å². The lowest BCUT2D eigenvalue weighted by Gasteiger charge is -2.29. The topological polar surface area (TPSA) is 80.1 Å². The van der Waals surface area contributed by atoms with Gasteiger partial charge in [0.25, 0.3) is 0 Å². The molecule has 106 valence electrons. The van der Waals surface area contributed by atoms with Crippen LogP contribution in [0.4, 0.5) is 13.2 Å². The van der Waals surface area contributed by atoms with E-state index in [1.807, 2.05) is 0 Å².